The van der Waals surface area contributed by atoms with E-state index in [4.69, 9.17) is 18.9 Å². The number of nitrogens with zero attached hydrogens (tertiary/aromatic N) is 2. The van der Waals surface area contributed by atoms with Crippen LogP contribution in [0.1, 0.15) is 12.1 Å². The number of ether oxygens (including phenoxy) is 4. The van der Waals surface area contributed by atoms with E-state index in [1.54, 1.807) is 31.5 Å². The van der Waals surface area contributed by atoms with E-state index >= 15 is 4.39 Å². The Morgan fingerprint density at radius 1 is 1.03 bits per heavy atom. The molecule has 0 bridgehead atoms. The molecule has 5 rings (SSSR count). The molecule has 0 spiro atoms. The number of hydrogen-bond acceptors (Lipinski definition) is 6. The molecule has 2 aromatic carbocycles. The lowest BCUT2D eigenvalue weighted by Gasteiger charge is -2.26. The molecule has 1 fully saturated rings. The van der Waals surface area contributed by atoms with Crippen LogP contribution in [0.2, 0.25) is 0 Å². The van der Waals surface area contributed by atoms with Crippen molar-refractivity contribution in [3.8, 4) is 23.0 Å². The molecule has 0 saturated carbocycles. The first-order valence-electron chi connectivity index (χ1n) is 11.5. The lowest BCUT2D eigenvalue weighted by molar-refractivity contribution is 0.0357. The summed E-state index contributed by atoms with van der Waals surface area (Å²) in [6.45, 7) is 6.93. The minimum absolute atomic E-state index is 0.154. The molecule has 1 aliphatic heterocycles. The number of pyridine rings is 1. The van der Waals surface area contributed by atoms with Crippen LogP contribution in [0.3, 0.4) is 0 Å². The summed E-state index contributed by atoms with van der Waals surface area (Å²) in [4.78, 5) is 9.97. The van der Waals surface area contributed by atoms with Crippen LogP contribution in [0.4, 0.5) is 4.39 Å². The number of aromatic nitrogens is 2. The third kappa shape index (κ3) is 4.64. The first-order chi connectivity index (χ1) is 16.6. The van der Waals surface area contributed by atoms with Crippen LogP contribution in [-0.2, 0) is 4.74 Å². The second kappa shape index (κ2) is 9.87. The van der Waals surface area contributed by atoms with Crippen LogP contribution in [-0.4, -0.2) is 61.4 Å². The third-order valence-corrected chi connectivity index (χ3v) is 6.02. The zero-order valence-electron chi connectivity index (χ0n) is 19.4. The summed E-state index contributed by atoms with van der Waals surface area (Å²) in [6, 6.07) is 10.6. The molecule has 34 heavy (non-hydrogen) atoms. The van der Waals surface area contributed by atoms with Gasteiger partial charge >= 0.3 is 0 Å². The van der Waals surface area contributed by atoms with Gasteiger partial charge in [0.15, 0.2) is 23.1 Å². The summed E-state index contributed by atoms with van der Waals surface area (Å²) >= 11 is 0. The molecule has 0 aliphatic carbocycles. The molecule has 0 unspecified atom stereocenters. The number of H-pyrrole nitrogens is 1. The average molecular weight is 466 g/mol. The smallest absolute Gasteiger partial charge is 0.175 e. The molecular weight excluding hydrogens is 437 g/mol. The lowest BCUT2D eigenvalue weighted by atomic mass is 10.1. The Kier molecular flexibility index (Phi) is 6.51. The van der Waals surface area contributed by atoms with Crippen LogP contribution >= 0.6 is 0 Å². The van der Waals surface area contributed by atoms with Crippen molar-refractivity contribution >= 4 is 21.8 Å². The number of methoxy groups -OCH3 is 1. The molecule has 178 valence electrons. The third-order valence-electron chi connectivity index (χ3n) is 6.02. The Balaban J connectivity index is 1.35. The number of morpholine rings is 1. The zero-order chi connectivity index (χ0) is 23.5. The van der Waals surface area contributed by atoms with Crippen molar-refractivity contribution in [3.63, 3.8) is 0 Å². The average Bonchev–Trinajstić information content (AvgIpc) is 3.25. The van der Waals surface area contributed by atoms with Crippen molar-refractivity contribution in [3.05, 3.63) is 54.1 Å². The van der Waals surface area contributed by atoms with E-state index in [-0.39, 0.29) is 5.75 Å². The largest absolute Gasteiger partial charge is 0.493 e. The fraction of sp³-hybridized carbons (Fsp3) is 0.346. The summed E-state index contributed by atoms with van der Waals surface area (Å²) < 4.78 is 38.1. The monoisotopic (exact) mass is 465 g/mol. The molecule has 8 heteroatoms. The van der Waals surface area contributed by atoms with E-state index in [2.05, 4.69) is 14.9 Å². The van der Waals surface area contributed by atoms with Crippen LogP contribution in [0.25, 0.3) is 21.8 Å². The first kappa shape index (κ1) is 22.4. The second-order valence-electron chi connectivity index (χ2n) is 8.38. The van der Waals surface area contributed by atoms with E-state index in [0.29, 0.717) is 40.1 Å². The highest BCUT2D eigenvalue weighted by Crippen LogP contribution is 2.38. The van der Waals surface area contributed by atoms with Gasteiger partial charge in [-0.25, -0.2) is 4.39 Å². The van der Waals surface area contributed by atoms with E-state index in [1.807, 2.05) is 25.1 Å². The fourth-order valence-corrected chi connectivity index (χ4v) is 4.27. The number of aryl methyl sites for hydroxylation is 1. The number of aromatic amines is 1. The van der Waals surface area contributed by atoms with Gasteiger partial charge in [0.2, 0.25) is 0 Å². The van der Waals surface area contributed by atoms with Gasteiger partial charge in [-0.1, -0.05) is 0 Å². The molecule has 1 saturated heterocycles. The molecule has 1 N–H and O–H groups in total. The normalized spacial score (nSPS) is 14.6. The molecule has 0 amide bonds. The fourth-order valence-electron chi connectivity index (χ4n) is 4.27. The second-order valence-corrected chi connectivity index (χ2v) is 8.38. The summed E-state index contributed by atoms with van der Waals surface area (Å²) in [5, 5.41) is 1.21. The van der Waals surface area contributed by atoms with Gasteiger partial charge < -0.3 is 23.9 Å². The highest BCUT2D eigenvalue weighted by molar-refractivity contribution is 5.89. The van der Waals surface area contributed by atoms with Gasteiger partial charge in [-0.2, -0.15) is 0 Å². The van der Waals surface area contributed by atoms with Gasteiger partial charge in [-0.05, 0) is 43.7 Å². The summed E-state index contributed by atoms with van der Waals surface area (Å²) in [5.74, 6) is 1.44. The van der Waals surface area contributed by atoms with Crippen LogP contribution in [0, 0.1) is 12.7 Å². The summed E-state index contributed by atoms with van der Waals surface area (Å²) in [7, 11) is 1.60. The molecule has 0 atom stereocenters. The van der Waals surface area contributed by atoms with E-state index in [0.717, 1.165) is 50.5 Å². The van der Waals surface area contributed by atoms with Crippen molar-refractivity contribution < 1.29 is 23.3 Å². The van der Waals surface area contributed by atoms with Gasteiger partial charge in [0.25, 0.3) is 0 Å². The molecule has 3 heterocycles. The minimum Gasteiger partial charge on any atom is -0.493 e. The van der Waals surface area contributed by atoms with Crippen molar-refractivity contribution in [1.29, 1.82) is 0 Å². The molecule has 4 aromatic rings. The predicted octanol–water partition coefficient (Wildman–Crippen LogP) is 5.07. The van der Waals surface area contributed by atoms with E-state index < -0.39 is 5.82 Å². The quantitative estimate of drug-likeness (QED) is 0.367. The Morgan fingerprint density at radius 2 is 1.88 bits per heavy atom. The number of rotatable bonds is 8. The Hall–Kier alpha value is -3.36. The molecule has 1 aliphatic rings. The van der Waals surface area contributed by atoms with Gasteiger partial charge in [0.05, 0.1) is 32.4 Å². The molecule has 7 nitrogen and oxygen atoms in total. The van der Waals surface area contributed by atoms with Crippen LogP contribution in [0.5, 0.6) is 23.0 Å². The summed E-state index contributed by atoms with van der Waals surface area (Å²) in [5.41, 5.74) is 2.31. The number of halogens is 1. The van der Waals surface area contributed by atoms with Crippen molar-refractivity contribution in [2.45, 2.75) is 13.3 Å². The van der Waals surface area contributed by atoms with Crippen molar-refractivity contribution in [2.24, 2.45) is 0 Å². The number of fused-ring (bicyclic) bond motifs is 2. The first-order valence-corrected chi connectivity index (χ1v) is 11.5. The number of benzene rings is 2. The van der Waals surface area contributed by atoms with Crippen LogP contribution in [0.15, 0.2) is 42.6 Å². The van der Waals surface area contributed by atoms with E-state index in [9.17, 15) is 0 Å². The maximum absolute atomic E-state index is 15.1. The Morgan fingerprint density at radius 3 is 2.71 bits per heavy atom. The minimum atomic E-state index is -0.404. The summed E-state index contributed by atoms with van der Waals surface area (Å²) in [6.07, 6.45) is 2.54. The van der Waals surface area contributed by atoms with Gasteiger partial charge in [-0.15, -0.1) is 0 Å². The van der Waals surface area contributed by atoms with Crippen LogP contribution < -0.4 is 14.2 Å². The highest BCUT2D eigenvalue weighted by Gasteiger charge is 2.16. The molecular formula is C26H28FN3O4. The zero-order valence-corrected chi connectivity index (χ0v) is 19.4. The van der Waals surface area contributed by atoms with Crippen molar-refractivity contribution in [2.75, 3.05) is 46.6 Å². The highest BCUT2D eigenvalue weighted by atomic mass is 19.1. The molecule has 2 aromatic heterocycles. The Labute approximate surface area is 197 Å². The maximum atomic E-state index is 15.1. The maximum Gasteiger partial charge on any atom is 0.175 e. The van der Waals surface area contributed by atoms with E-state index in [1.165, 1.54) is 0 Å². The number of nitrogens with one attached hydrogen (secondary N) is 1. The topological polar surface area (TPSA) is 68.8 Å². The predicted molar refractivity (Wildman–Crippen MR) is 129 cm³/mol. The number of hydrogen-bond donors (Lipinski definition) is 1. The lowest BCUT2D eigenvalue weighted by Crippen LogP contribution is -2.37. The van der Waals surface area contributed by atoms with Gasteiger partial charge in [-0.3, -0.25) is 9.88 Å². The standard InChI is InChI=1S/C26H28FN3O4/c1-17-14-19-20(29-17)4-5-23(26(19)27)34-22-6-7-28-21-16-25(24(31-2)15-18(21)22)33-11-3-8-30-9-12-32-13-10-30/h4-7,14-16,29H,3,8-13H2,1-2H3. The van der Waals surface area contributed by atoms with Gasteiger partial charge in [0, 0.05) is 53.9 Å². The van der Waals surface area contributed by atoms with Crippen molar-refractivity contribution in [1.82, 2.24) is 14.9 Å². The van der Waals surface area contributed by atoms with Gasteiger partial charge in [0.1, 0.15) is 5.75 Å². The SMILES string of the molecule is COc1cc2c(Oc3ccc4[nH]c(C)cc4c3F)ccnc2cc1OCCCN1CCOCC1. The Bertz CT molecular complexity index is 1300. The molecule has 0 radical (unpaired) electrons.